The van der Waals surface area contributed by atoms with Gasteiger partial charge in [-0.2, -0.15) is 0 Å². The second-order valence-electron chi connectivity index (χ2n) is 5.95. The van der Waals surface area contributed by atoms with E-state index < -0.39 is 0 Å². The van der Waals surface area contributed by atoms with Gasteiger partial charge < -0.3 is 0 Å². The summed E-state index contributed by atoms with van der Waals surface area (Å²) >= 11 is 0.281. The average Bonchev–Trinajstić information content (AvgIpc) is 2.34. The molecule has 0 atom stereocenters. The van der Waals surface area contributed by atoms with Gasteiger partial charge in [0.15, 0.2) is 0 Å². The van der Waals surface area contributed by atoms with Crippen molar-refractivity contribution in [3.63, 3.8) is 0 Å². The molecule has 1 aromatic carbocycles. The van der Waals surface area contributed by atoms with E-state index >= 15 is 0 Å². The normalized spacial score (nSPS) is 11.1. The topological polar surface area (TPSA) is 0 Å². The number of hydrogen-bond acceptors (Lipinski definition) is 0. The second kappa shape index (κ2) is 7.18. The van der Waals surface area contributed by atoms with Gasteiger partial charge in [-0.3, -0.25) is 0 Å². The standard InChI is InChI=1S/C18H26Se/c1-8-9-19-18-16(13(4)5)10-15(12(2)3)11-17(18)14(6)7/h10-14H,1-7H3. The molecule has 0 nitrogen and oxygen atoms in total. The number of benzene rings is 1. The summed E-state index contributed by atoms with van der Waals surface area (Å²) in [6.07, 6.45) is 0. The maximum atomic E-state index is 3.32. The van der Waals surface area contributed by atoms with Gasteiger partial charge in [-0.05, 0) is 0 Å². The van der Waals surface area contributed by atoms with Gasteiger partial charge in [0, 0.05) is 0 Å². The molecule has 1 heteroatoms. The van der Waals surface area contributed by atoms with Crippen LogP contribution >= 0.6 is 0 Å². The van der Waals surface area contributed by atoms with E-state index in [9.17, 15) is 0 Å². The van der Waals surface area contributed by atoms with Crippen molar-refractivity contribution in [2.24, 2.45) is 0 Å². The van der Waals surface area contributed by atoms with Crippen LogP contribution in [-0.4, -0.2) is 15.0 Å². The fraction of sp³-hybridized carbons (Fsp3) is 0.556. The molecule has 1 rings (SSSR count). The third kappa shape index (κ3) is 4.13. The van der Waals surface area contributed by atoms with Crippen LogP contribution in [0.4, 0.5) is 0 Å². The Kier molecular flexibility index (Phi) is 6.18. The fourth-order valence-corrected chi connectivity index (χ4v) is 4.27. The predicted octanol–water partition coefficient (Wildman–Crippen LogP) is 4.37. The van der Waals surface area contributed by atoms with Crippen LogP contribution in [-0.2, 0) is 0 Å². The van der Waals surface area contributed by atoms with Crippen LogP contribution in [0.1, 0.15) is 82.9 Å². The van der Waals surface area contributed by atoms with Crippen LogP contribution < -0.4 is 4.46 Å². The van der Waals surface area contributed by atoms with Gasteiger partial charge in [-0.1, -0.05) is 0 Å². The van der Waals surface area contributed by atoms with E-state index in [1.165, 1.54) is 21.2 Å². The molecule has 0 N–H and O–H groups in total. The first-order valence-corrected chi connectivity index (χ1v) is 8.86. The van der Waals surface area contributed by atoms with E-state index in [-0.39, 0.29) is 15.0 Å². The third-order valence-corrected chi connectivity index (χ3v) is 5.39. The van der Waals surface area contributed by atoms with Crippen molar-refractivity contribution >= 4 is 19.4 Å². The number of rotatable bonds is 4. The SMILES string of the molecule is CC#C[Se]c1c(C(C)C)cc(C(C)C)cc1C(C)C. The molecule has 0 bridgehead atoms. The van der Waals surface area contributed by atoms with Crippen molar-refractivity contribution in [2.75, 3.05) is 0 Å². The molecule has 0 radical (unpaired) electrons. The monoisotopic (exact) mass is 322 g/mol. The maximum absolute atomic E-state index is 3.32. The van der Waals surface area contributed by atoms with Gasteiger partial charge in [0.2, 0.25) is 0 Å². The Morgan fingerprint density at radius 1 is 0.842 bits per heavy atom. The minimum absolute atomic E-state index is 0.281. The molecule has 0 fully saturated rings. The molecule has 0 amide bonds. The third-order valence-electron chi connectivity index (χ3n) is 3.33. The van der Waals surface area contributed by atoms with Gasteiger partial charge in [-0.15, -0.1) is 0 Å². The van der Waals surface area contributed by atoms with Crippen molar-refractivity contribution in [3.8, 4) is 10.7 Å². The molecule has 0 saturated carbocycles. The van der Waals surface area contributed by atoms with Crippen LogP contribution in [0.15, 0.2) is 12.1 Å². The van der Waals surface area contributed by atoms with Crippen LogP contribution in [0.3, 0.4) is 0 Å². The van der Waals surface area contributed by atoms with Crippen LogP contribution in [0.25, 0.3) is 0 Å². The molecule has 0 unspecified atom stereocenters. The first-order chi connectivity index (χ1) is 8.88. The van der Waals surface area contributed by atoms with Crippen molar-refractivity contribution < 1.29 is 0 Å². The van der Waals surface area contributed by atoms with Crippen molar-refractivity contribution in [2.45, 2.75) is 66.2 Å². The van der Waals surface area contributed by atoms with E-state index in [1.54, 1.807) is 0 Å². The van der Waals surface area contributed by atoms with E-state index in [2.05, 4.69) is 64.4 Å². The van der Waals surface area contributed by atoms with Crippen LogP contribution in [0.2, 0.25) is 0 Å². The van der Waals surface area contributed by atoms with Gasteiger partial charge in [0.1, 0.15) is 0 Å². The van der Waals surface area contributed by atoms with Crippen molar-refractivity contribution in [3.05, 3.63) is 28.8 Å². The summed E-state index contributed by atoms with van der Waals surface area (Å²) in [5, 5.41) is 0. The van der Waals surface area contributed by atoms with E-state index in [0.717, 1.165) is 0 Å². The molecule has 0 spiro atoms. The number of hydrogen-bond donors (Lipinski definition) is 0. The fourth-order valence-electron chi connectivity index (χ4n) is 2.11. The Morgan fingerprint density at radius 2 is 1.32 bits per heavy atom. The Balaban J connectivity index is 3.49. The quantitative estimate of drug-likeness (QED) is 0.571. The molecular formula is C18H26Se. The predicted molar refractivity (Wildman–Crippen MR) is 87.5 cm³/mol. The Labute approximate surface area is 125 Å². The molecule has 0 aliphatic heterocycles. The Morgan fingerprint density at radius 3 is 1.63 bits per heavy atom. The minimum atomic E-state index is 0.281. The molecular weight excluding hydrogens is 295 g/mol. The molecule has 0 heterocycles. The summed E-state index contributed by atoms with van der Waals surface area (Å²) in [5.74, 6) is 4.81. The van der Waals surface area contributed by atoms with Crippen molar-refractivity contribution in [1.82, 2.24) is 0 Å². The average molecular weight is 321 g/mol. The molecule has 0 aliphatic carbocycles. The van der Waals surface area contributed by atoms with Gasteiger partial charge in [0.05, 0.1) is 0 Å². The molecule has 104 valence electrons. The van der Waals surface area contributed by atoms with Crippen LogP contribution in [0.5, 0.6) is 0 Å². The van der Waals surface area contributed by atoms with Crippen LogP contribution in [0, 0.1) is 10.7 Å². The molecule has 0 saturated heterocycles. The van der Waals surface area contributed by atoms with Crippen molar-refractivity contribution in [1.29, 1.82) is 0 Å². The zero-order valence-corrected chi connectivity index (χ0v) is 15.0. The van der Waals surface area contributed by atoms with Gasteiger partial charge in [0.25, 0.3) is 0 Å². The summed E-state index contributed by atoms with van der Waals surface area (Å²) < 4.78 is 1.52. The summed E-state index contributed by atoms with van der Waals surface area (Å²) in [5.41, 5.74) is 4.49. The Hall–Kier alpha value is -0.701. The summed E-state index contributed by atoms with van der Waals surface area (Å²) in [6.45, 7) is 15.7. The van der Waals surface area contributed by atoms with E-state index in [1.807, 2.05) is 6.92 Å². The second-order valence-corrected chi connectivity index (χ2v) is 7.66. The summed E-state index contributed by atoms with van der Waals surface area (Å²) in [7, 11) is 0. The first-order valence-electron chi connectivity index (χ1n) is 7.14. The van der Waals surface area contributed by atoms with Gasteiger partial charge >= 0.3 is 125 Å². The molecule has 1 aromatic rings. The zero-order valence-electron chi connectivity index (χ0n) is 13.3. The molecule has 19 heavy (non-hydrogen) atoms. The summed E-state index contributed by atoms with van der Waals surface area (Å²) in [6, 6.07) is 4.82. The zero-order chi connectivity index (χ0) is 14.6. The van der Waals surface area contributed by atoms with E-state index in [0.29, 0.717) is 17.8 Å². The van der Waals surface area contributed by atoms with E-state index in [4.69, 9.17) is 0 Å². The molecule has 0 aromatic heterocycles. The summed E-state index contributed by atoms with van der Waals surface area (Å²) in [4.78, 5) is 3.32. The van der Waals surface area contributed by atoms with Gasteiger partial charge in [-0.25, -0.2) is 0 Å². The molecule has 0 aliphatic rings. The Bertz CT molecular complexity index is 455. The first kappa shape index (κ1) is 16.4.